The van der Waals surface area contributed by atoms with E-state index in [4.69, 9.17) is 0 Å². The summed E-state index contributed by atoms with van der Waals surface area (Å²) in [5, 5.41) is 6.60. The number of nitrogens with one attached hydrogen (secondary N) is 1. The van der Waals surface area contributed by atoms with Crippen molar-refractivity contribution in [3.05, 3.63) is 11.1 Å². The smallest absolute Gasteiger partial charge is 0.182 e. The van der Waals surface area contributed by atoms with Crippen LogP contribution in [0.1, 0.15) is 45.7 Å². The van der Waals surface area contributed by atoms with Crippen LogP contribution >= 0.6 is 11.3 Å². The molecule has 3 heteroatoms. The molecule has 0 saturated heterocycles. The molecule has 86 valence electrons. The first kappa shape index (κ1) is 12.5. The Hall–Kier alpha value is -0.570. The van der Waals surface area contributed by atoms with E-state index in [-0.39, 0.29) is 0 Å². The fourth-order valence-corrected chi connectivity index (χ4v) is 2.25. The van der Waals surface area contributed by atoms with E-state index in [9.17, 15) is 0 Å². The Morgan fingerprint density at radius 3 is 2.80 bits per heavy atom. The van der Waals surface area contributed by atoms with Crippen molar-refractivity contribution in [1.82, 2.24) is 4.98 Å². The molecule has 0 saturated carbocycles. The van der Waals surface area contributed by atoms with Crippen LogP contribution in [0.4, 0.5) is 5.13 Å². The standard InChI is InChI=1S/C12H22N2S/c1-4-11-9-15-12(14-11)13-8-6-5-7-10(2)3/h9-10H,4-8H2,1-3H3,(H,13,14). The third-order valence-corrected chi connectivity index (χ3v) is 3.25. The van der Waals surface area contributed by atoms with Crippen molar-refractivity contribution in [3.63, 3.8) is 0 Å². The maximum Gasteiger partial charge on any atom is 0.182 e. The zero-order valence-electron chi connectivity index (χ0n) is 10.0. The van der Waals surface area contributed by atoms with Gasteiger partial charge in [-0.3, -0.25) is 0 Å². The molecule has 2 nitrogen and oxygen atoms in total. The van der Waals surface area contributed by atoms with Gasteiger partial charge in [0.2, 0.25) is 0 Å². The lowest BCUT2D eigenvalue weighted by Crippen LogP contribution is -2.01. The second-order valence-electron chi connectivity index (χ2n) is 4.31. The third-order valence-electron chi connectivity index (χ3n) is 2.40. The lowest BCUT2D eigenvalue weighted by Gasteiger charge is -2.04. The minimum absolute atomic E-state index is 0.830. The summed E-state index contributed by atoms with van der Waals surface area (Å²) in [6, 6.07) is 0. The van der Waals surface area contributed by atoms with Gasteiger partial charge in [0.25, 0.3) is 0 Å². The maximum atomic E-state index is 4.47. The summed E-state index contributed by atoms with van der Waals surface area (Å²) in [5.41, 5.74) is 1.20. The number of aromatic nitrogens is 1. The molecule has 1 aromatic heterocycles. The van der Waals surface area contributed by atoms with Crippen molar-refractivity contribution in [2.24, 2.45) is 5.92 Å². The Balaban J connectivity index is 2.09. The fraction of sp³-hybridized carbons (Fsp3) is 0.750. The summed E-state index contributed by atoms with van der Waals surface area (Å²) in [5.74, 6) is 0.830. The number of aryl methyl sites for hydroxylation is 1. The number of nitrogens with zero attached hydrogens (tertiary/aromatic N) is 1. The van der Waals surface area contributed by atoms with Gasteiger partial charge in [-0.1, -0.05) is 33.6 Å². The zero-order valence-corrected chi connectivity index (χ0v) is 10.9. The van der Waals surface area contributed by atoms with Gasteiger partial charge in [0, 0.05) is 11.9 Å². The van der Waals surface area contributed by atoms with Crippen molar-refractivity contribution < 1.29 is 0 Å². The lowest BCUT2D eigenvalue weighted by molar-refractivity contribution is 0.545. The number of unbranched alkanes of at least 4 members (excludes halogenated alkanes) is 1. The Labute approximate surface area is 97.1 Å². The molecule has 0 radical (unpaired) electrons. The van der Waals surface area contributed by atoms with E-state index >= 15 is 0 Å². The molecule has 0 amide bonds. The molecule has 1 N–H and O–H groups in total. The predicted octanol–water partition coefficient (Wildman–Crippen LogP) is 3.94. The first-order chi connectivity index (χ1) is 7.22. The SMILES string of the molecule is CCc1csc(NCCCCC(C)C)n1. The minimum Gasteiger partial charge on any atom is -0.362 e. The molecule has 0 aliphatic rings. The van der Waals surface area contributed by atoms with Crippen LogP contribution in [0.3, 0.4) is 0 Å². The van der Waals surface area contributed by atoms with Crippen molar-refractivity contribution in [2.45, 2.75) is 46.5 Å². The van der Waals surface area contributed by atoms with Crippen LogP contribution < -0.4 is 5.32 Å². The Morgan fingerprint density at radius 1 is 1.40 bits per heavy atom. The molecule has 0 aliphatic heterocycles. The first-order valence-corrected chi connectivity index (χ1v) is 6.78. The van der Waals surface area contributed by atoms with Crippen LogP contribution in [-0.4, -0.2) is 11.5 Å². The summed E-state index contributed by atoms with van der Waals surface area (Å²) in [4.78, 5) is 4.47. The highest BCUT2D eigenvalue weighted by atomic mass is 32.1. The van der Waals surface area contributed by atoms with Gasteiger partial charge in [-0.25, -0.2) is 4.98 Å². The van der Waals surface area contributed by atoms with Crippen molar-refractivity contribution >= 4 is 16.5 Å². The van der Waals surface area contributed by atoms with E-state index < -0.39 is 0 Å². The summed E-state index contributed by atoms with van der Waals surface area (Å²) < 4.78 is 0. The number of anilines is 1. The third kappa shape index (κ3) is 5.17. The van der Waals surface area contributed by atoms with Crippen molar-refractivity contribution in [1.29, 1.82) is 0 Å². The van der Waals surface area contributed by atoms with Gasteiger partial charge in [-0.2, -0.15) is 0 Å². The van der Waals surface area contributed by atoms with Gasteiger partial charge in [0.15, 0.2) is 5.13 Å². The molecule has 0 aromatic carbocycles. The maximum absolute atomic E-state index is 4.47. The van der Waals surface area contributed by atoms with E-state index in [1.54, 1.807) is 11.3 Å². The summed E-state index contributed by atoms with van der Waals surface area (Å²) in [6.45, 7) is 7.76. The van der Waals surface area contributed by atoms with Crippen molar-refractivity contribution in [2.75, 3.05) is 11.9 Å². The molecule has 0 fully saturated rings. The highest BCUT2D eigenvalue weighted by molar-refractivity contribution is 7.13. The number of thiazole rings is 1. The van der Waals surface area contributed by atoms with E-state index in [1.165, 1.54) is 25.0 Å². The first-order valence-electron chi connectivity index (χ1n) is 5.90. The average molecular weight is 226 g/mol. The zero-order chi connectivity index (χ0) is 11.1. The Kier molecular flexibility index (Phi) is 5.69. The molecule has 1 rings (SSSR count). The second kappa shape index (κ2) is 6.83. The number of hydrogen-bond donors (Lipinski definition) is 1. The van der Waals surface area contributed by atoms with Crippen LogP contribution in [-0.2, 0) is 6.42 Å². The van der Waals surface area contributed by atoms with Crippen LogP contribution in [0.5, 0.6) is 0 Å². The minimum atomic E-state index is 0.830. The molecule has 0 atom stereocenters. The van der Waals surface area contributed by atoms with Gasteiger partial charge in [0.1, 0.15) is 0 Å². The summed E-state index contributed by atoms with van der Waals surface area (Å²) in [7, 11) is 0. The van der Waals surface area contributed by atoms with E-state index in [0.717, 1.165) is 24.0 Å². The van der Waals surface area contributed by atoms with Gasteiger partial charge in [-0.05, 0) is 18.8 Å². The normalized spacial score (nSPS) is 10.9. The molecule has 15 heavy (non-hydrogen) atoms. The van der Waals surface area contributed by atoms with Crippen LogP contribution in [0, 0.1) is 5.92 Å². The van der Waals surface area contributed by atoms with Gasteiger partial charge in [0.05, 0.1) is 5.69 Å². The Bertz CT molecular complexity index is 268. The van der Waals surface area contributed by atoms with E-state index in [2.05, 4.69) is 36.5 Å². The van der Waals surface area contributed by atoms with Crippen LogP contribution in [0.15, 0.2) is 5.38 Å². The molecule has 0 aliphatic carbocycles. The van der Waals surface area contributed by atoms with Crippen LogP contribution in [0.25, 0.3) is 0 Å². The molecular weight excluding hydrogens is 204 g/mol. The second-order valence-corrected chi connectivity index (χ2v) is 5.17. The highest BCUT2D eigenvalue weighted by Gasteiger charge is 1.99. The van der Waals surface area contributed by atoms with Gasteiger partial charge in [-0.15, -0.1) is 11.3 Å². The fourth-order valence-electron chi connectivity index (χ4n) is 1.42. The Morgan fingerprint density at radius 2 is 2.20 bits per heavy atom. The average Bonchev–Trinajstić information content (AvgIpc) is 2.65. The van der Waals surface area contributed by atoms with E-state index in [0.29, 0.717) is 0 Å². The summed E-state index contributed by atoms with van der Waals surface area (Å²) >= 11 is 1.72. The topological polar surface area (TPSA) is 24.9 Å². The molecule has 0 unspecified atom stereocenters. The highest BCUT2D eigenvalue weighted by Crippen LogP contribution is 2.15. The monoisotopic (exact) mass is 226 g/mol. The van der Waals surface area contributed by atoms with Gasteiger partial charge < -0.3 is 5.32 Å². The molecular formula is C12H22N2S. The predicted molar refractivity (Wildman–Crippen MR) is 68.7 cm³/mol. The summed E-state index contributed by atoms with van der Waals surface area (Å²) in [6.07, 6.45) is 4.93. The van der Waals surface area contributed by atoms with Crippen LogP contribution in [0.2, 0.25) is 0 Å². The lowest BCUT2D eigenvalue weighted by atomic mass is 10.1. The molecule has 1 aromatic rings. The number of hydrogen-bond acceptors (Lipinski definition) is 3. The van der Waals surface area contributed by atoms with Crippen molar-refractivity contribution in [3.8, 4) is 0 Å². The molecule has 0 spiro atoms. The molecule has 1 heterocycles. The quantitative estimate of drug-likeness (QED) is 0.712. The van der Waals surface area contributed by atoms with Gasteiger partial charge >= 0.3 is 0 Å². The molecule has 0 bridgehead atoms. The number of rotatable bonds is 7. The van der Waals surface area contributed by atoms with E-state index in [1.807, 2.05) is 0 Å². The largest absolute Gasteiger partial charge is 0.362 e.